The molecule has 0 saturated heterocycles. The summed E-state index contributed by atoms with van der Waals surface area (Å²) in [6, 6.07) is 9.48. The number of hydrogen-bond acceptors (Lipinski definition) is 4. The Labute approximate surface area is 131 Å². The second kappa shape index (κ2) is 5.47. The van der Waals surface area contributed by atoms with Gasteiger partial charge in [0.2, 0.25) is 5.91 Å². The van der Waals surface area contributed by atoms with Crippen LogP contribution in [0, 0.1) is 16.7 Å². The van der Waals surface area contributed by atoms with E-state index in [0.29, 0.717) is 15.7 Å². The highest BCUT2D eigenvalue weighted by Crippen LogP contribution is 2.48. The molecule has 1 aliphatic rings. The van der Waals surface area contributed by atoms with Crippen LogP contribution in [0.5, 0.6) is 0 Å². The number of anilines is 1. The predicted molar refractivity (Wildman–Crippen MR) is 83.1 cm³/mol. The van der Waals surface area contributed by atoms with E-state index in [1.807, 2.05) is 6.07 Å². The summed E-state index contributed by atoms with van der Waals surface area (Å²) in [6.45, 7) is 0. The Morgan fingerprint density at radius 2 is 2.29 bits per heavy atom. The Morgan fingerprint density at radius 3 is 2.90 bits per heavy atom. The molecule has 3 rings (SSSR count). The fourth-order valence-electron chi connectivity index (χ4n) is 2.12. The fourth-order valence-corrected chi connectivity index (χ4v) is 3.18. The number of rotatable bonds is 4. The lowest BCUT2D eigenvalue weighted by Crippen LogP contribution is -2.17. The first kappa shape index (κ1) is 14.1. The Morgan fingerprint density at radius 1 is 1.48 bits per heavy atom. The van der Waals surface area contributed by atoms with E-state index in [-0.39, 0.29) is 12.3 Å². The SMILES string of the molecule is N#CC1(CC(=O)Nc2cccnc2-c2ccc(Cl)s2)CC1. The van der Waals surface area contributed by atoms with Gasteiger partial charge in [-0.3, -0.25) is 9.78 Å². The highest BCUT2D eigenvalue weighted by molar-refractivity contribution is 7.19. The largest absolute Gasteiger partial charge is 0.324 e. The Hall–Kier alpha value is -1.90. The van der Waals surface area contributed by atoms with E-state index in [4.69, 9.17) is 16.9 Å². The molecule has 0 spiro atoms. The number of aromatic nitrogens is 1. The molecule has 1 N–H and O–H groups in total. The molecule has 0 bridgehead atoms. The fraction of sp³-hybridized carbons (Fsp3) is 0.267. The second-order valence-electron chi connectivity index (χ2n) is 5.12. The minimum absolute atomic E-state index is 0.147. The molecule has 1 fully saturated rings. The van der Waals surface area contributed by atoms with Gasteiger partial charge in [-0.05, 0) is 37.1 Å². The average molecular weight is 318 g/mol. The van der Waals surface area contributed by atoms with Gasteiger partial charge in [0.25, 0.3) is 0 Å². The predicted octanol–water partition coefficient (Wildman–Crippen LogP) is 4.10. The number of amides is 1. The van der Waals surface area contributed by atoms with Crippen molar-refractivity contribution >= 4 is 34.5 Å². The molecule has 0 radical (unpaired) electrons. The zero-order valence-electron chi connectivity index (χ0n) is 11.1. The van der Waals surface area contributed by atoms with Gasteiger partial charge in [0, 0.05) is 12.6 Å². The van der Waals surface area contributed by atoms with Gasteiger partial charge < -0.3 is 5.32 Å². The number of halogens is 1. The summed E-state index contributed by atoms with van der Waals surface area (Å²) in [5, 5.41) is 11.9. The maximum Gasteiger partial charge on any atom is 0.226 e. The van der Waals surface area contributed by atoms with Gasteiger partial charge in [0.1, 0.15) is 5.69 Å². The molecule has 6 heteroatoms. The van der Waals surface area contributed by atoms with Crippen LogP contribution in [-0.2, 0) is 4.79 Å². The first-order valence-corrected chi connectivity index (χ1v) is 7.73. The quantitative estimate of drug-likeness (QED) is 0.923. The smallest absolute Gasteiger partial charge is 0.226 e. The molecular formula is C15H12ClN3OS. The van der Waals surface area contributed by atoms with Crippen molar-refractivity contribution in [3.63, 3.8) is 0 Å². The molecule has 0 unspecified atom stereocenters. The summed E-state index contributed by atoms with van der Waals surface area (Å²) in [4.78, 5) is 17.3. The molecule has 4 nitrogen and oxygen atoms in total. The van der Waals surface area contributed by atoms with Crippen molar-refractivity contribution in [3.05, 3.63) is 34.8 Å². The number of pyridine rings is 1. The van der Waals surface area contributed by atoms with Crippen LogP contribution in [0.2, 0.25) is 4.34 Å². The van der Waals surface area contributed by atoms with Crippen molar-refractivity contribution in [2.75, 3.05) is 5.32 Å². The normalized spacial score (nSPS) is 15.2. The van der Waals surface area contributed by atoms with Gasteiger partial charge in [0.05, 0.1) is 26.4 Å². The zero-order chi connectivity index (χ0) is 14.9. The number of nitrogens with one attached hydrogen (secondary N) is 1. The molecule has 2 aromatic rings. The Balaban J connectivity index is 1.80. The van der Waals surface area contributed by atoms with E-state index < -0.39 is 5.41 Å². The summed E-state index contributed by atoms with van der Waals surface area (Å²) in [7, 11) is 0. The molecule has 1 aliphatic carbocycles. The molecule has 21 heavy (non-hydrogen) atoms. The molecule has 0 atom stereocenters. The van der Waals surface area contributed by atoms with Crippen LogP contribution in [0.1, 0.15) is 19.3 Å². The number of hydrogen-bond donors (Lipinski definition) is 1. The molecule has 2 aromatic heterocycles. The minimum atomic E-state index is -0.446. The summed E-state index contributed by atoms with van der Waals surface area (Å²) in [5.74, 6) is -0.147. The van der Waals surface area contributed by atoms with Gasteiger partial charge in [-0.2, -0.15) is 5.26 Å². The topological polar surface area (TPSA) is 65.8 Å². The van der Waals surface area contributed by atoms with Gasteiger partial charge in [0.15, 0.2) is 0 Å². The molecule has 1 amide bonds. The number of thiophene rings is 1. The number of carbonyl (C=O) groups is 1. The molecule has 106 valence electrons. The van der Waals surface area contributed by atoms with Crippen LogP contribution in [0.25, 0.3) is 10.6 Å². The molecule has 1 saturated carbocycles. The molecule has 2 heterocycles. The monoisotopic (exact) mass is 317 g/mol. The molecule has 0 aromatic carbocycles. The van der Waals surface area contributed by atoms with E-state index in [1.165, 1.54) is 11.3 Å². The zero-order valence-corrected chi connectivity index (χ0v) is 12.7. The first-order chi connectivity index (χ1) is 10.1. The first-order valence-electron chi connectivity index (χ1n) is 6.54. The Kier molecular flexibility index (Phi) is 3.66. The van der Waals surface area contributed by atoms with Gasteiger partial charge in [-0.15, -0.1) is 11.3 Å². The summed E-state index contributed by atoms with van der Waals surface area (Å²) in [6.07, 6.45) is 3.52. The average Bonchev–Trinajstić information content (AvgIpc) is 3.11. The van der Waals surface area contributed by atoms with Crippen molar-refractivity contribution < 1.29 is 4.79 Å². The third kappa shape index (κ3) is 3.07. The van der Waals surface area contributed by atoms with Crippen molar-refractivity contribution in [3.8, 4) is 16.6 Å². The minimum Gasteiger partial charge on any atom is -0.324 e. The van der Waals surface area contributed by atoms with Crippen LogP contribution in [0.4, 0.5) is 5.69 Å². The van der Waals surface area contributed by atoms with Crippen molar-refractivity contribution in [2.24, 2.45) is 5.41 Å². The third-order valence-electron chi connectivity index (χ3n) is 3.48. The molecular weight excluding hydrogens is 306 g/mol. The summed E-state index contributed by atoms with van der Waals surface area (Å²) >= 11 is 7.36. The van der Waals surface area contributed by atoms with Crippen LogP contribution in [0.3, 0.4) is 0 Å². The highest BCUT2D eigenvalue weighted by Gasteiger charge is 2.44. The van der Waals surface area contributed by atoms with Crippen molar-refractivity contribution in [1.82, 2.24) is 4.98 Å². The summed E-state index contributed by atoms with van der Waals surface area (Å²) < 4.78 is 0.675. The third-order valence-corrected chi connectivity index (χ3v) is 4.72. The van der Waals surface area contributed by atoms with E-state index in [1.54, 1.807) is 24.4 Å². The number of nitrogens with zero attached hydrogens (tertiary/aromatic N) is 2. The standard InChI is InChI=1S/C15H12ClN3OS/c16-12-4-3-11(21-12)14-10(2-1-7-18-14)19-13(20)8-15(9-17)5-6-15/h1-4,7H,5-6,8H2,(H,19,20). The maximum atomic E-state index is 12.1. The Bertz CT molecular complexity index is 731. The van der Waals surface area contributed by atoms with Crippen molar-refractivity contribution in [2.45, 2.75) is 19.3 Å². The van der Waals surface area contributed by atoms with E-state index in [2.05, 4.69) is 16.4 Å². The van der Waals surface area contributed by atoms with Crippen LogP contribution in [-0.4, -0.2) is 10.9 Å². The number of nitriles is 1. The van der Waals surface area contributed by atoms with Crippen LogP contribution < -0.4 is 5.32 Å². The van der Waals surface area contributed by atoms with Gasteiger partial charge in [-0.1, -0.05) is 11.6 Å². The van der Waals surface area contributed by atoms with Crippen molar-refractivity contribution in [1.29, 1.82) is 5.26 Å². The van der Waals surface area contributed by atoms with E-state index in [9.17, 15) is 4.79 Å². The van der Waals surface area contributed by atoms with Crippen LogP contribution in [0.15, 0.2) is 30.5 Å². The summed E-state index contributed by atoms with van der Waals surface area (Å²) in [5.41, 5.74) is 0.901. The lowest BCUT2D eigenvalue weighted by atomic mass is 10.0. The highest BCUT2D eigenvalue weighted by atomic mass is 35.5. The van der Waals surface area contributed by atoms with Crippen LogP contribution >= 0.6 is 22.9 Å². The van der Waals surface area contributed by atoms with E-state index in [0.717, 1.165) is 17.7 Å². The number of carbonyl (C=O) groups excluding carboxylic acids is 1. The lowest BCUT2D eigenvalue weighted by Gasteiger charge is -2.10. The maximum absolute atomic E-state index is 12.1. The lowest BCUT2D eigenvalue weighted by molar-refractivity contribution is -0.116. The van der Waals surface area contributed by atoms with E-state index >= 15 is 0 Å². The van der Waals surface area contributed by atoms with Gasteiger partial charge in [-0.25, -0.2) is 0 Å². The van der Waals surface area contributed by atoms with Gasteiger partial charge >= 0.3 is 0 Å². The molecule has 0 aliphatic heterocycles. The second-order valence-corrected chi connectivity index (χ2v) is 6.84.